The summed E-state index contributed by atoms with van der Waals surface area (Å²) < 4.78 is 6.30. The van der Waals surface area contributed by atoms with Crippen LogP contribution in [0, 0.1) is 0 Å². The molecule has 0 saturated carbocycles. The van der Waals surface area contributed by atoms with Crippen LogP contribution in [0.2, 0.25) is 0 Å². The monoisotopic (exact) mass is 831 g/mol. The molecule has 13 aromatic rings. The number of benzene rings is 9. The summed E-state index contributed by atoms with van der Waals surface area (Å²) in [5, 5.41) is 5.79. The molecular formula is C59H37N5O. The molecule has 9 aromatic carbocycles. The van der Waals surface area contributed by atoms with Gasteiger partial charge in [0.2, 0.25) is 5.95 Å². The minimum absolute atomic E-state index is 0.0536. The highest BCUT2D eigenvalue weighted by Crippen LogP contribution is 2.40. The van der Waals surface area contributed by atoms with Gasteiger partial charge in [0.15, 0.2) is 0 Å². The maximum Gasteiger partial charge on any atom is 0.265 e. The highest BCUT2D eigenvalue weighted by molar-refractivity contribution is 6.19. The van der Waals surface area contributed by atoms with Crippen LogP contribution in [0.25, 0.3) is 116 Å². The summed E-state index contributed by atoms with van der Waals surface area (Å²) in [6, 6.07) is 77.5. The first kappa shape index (κ1) is 36.8. The fourth-order valence-corrected chi connectivity index (χ4v) is 9.91. The number of aromatic nitrogens is 5. The molecule has 4 heterocycles. The SMILES string of the molecule is O=c1c2c3cc(-c4ccc5c(c4)c4ccccc4n5-c4nc(-c5ccc(-c6ccccc6)cc5)c5ccccc5n4)ccc3n(-c3ccccc3)c2c2ccccc2n1-c1ccccc1. The molecule has 6 nitrogen and oxygen atoms in total. The summed E-state index contributed by atoms with van der Waals surface area (Å²) in [6.07, 6.45) is 0. The Labute approximate surface area is 373 Å². The third kappa shape index (κ3) is 5.78. The van der Waals surface area contributed by atoms with E-state index in [1.165, 1.54) is 5.56 Å². The second-order valence-electron chi connectivity index (χ2n) is 16.5. The van der Waals surface area contributed by atoms with Gasteiger partial charge in [-0.2, -0.15) is 0 Å². The fraction of sp³-hybridized carbons (Fsp3) is 0. The molecule has 0 radical (unpaired) electrons. The smallest absolute Gasteiger partial charge is 0.265 e. The number of rotatable bonds is 6. The van der Waals surface area contributed by atoms with Crippen molar-refractivity contribution >= 4 is 65.4 Å². The van der Waals surface area contributed by atoms with Gasteiger partial charge in [-0.3, -0.25) is 13.9 Å². The summed E-state index contributed by atoms with van der Waals surface area (Å²) in [4.78, 5) is 25.7. The molecule has 0 N–H and O–H groups in total. The Morgan fingerprint density at radius 3 is 1.49 bits per heavy atom. The predicted octanol–water partition coefficient (Wildman–Crippen LogP) is 14.1. The van der Waals surface area contributed by atoms with Gasteiger partial charge in [-0.15, -0.1) is 0 Å². The molecule has 65 heavy (non-hydrogen) atoms. The first-order valence-corrected chi connectivity index (χ1v) is 21.9. The molecule has 0 aliphatic carbocycles. The summed E-state index contributed by atoms with van der Waals surface area (Å²) in [7, 11) is 0. The van der Waals surface area contributed by atoms with E-state index in [9.17, 15) is 0 Å². The van der Waals surface area contributed by atoms with Crippen LogP contribution in [0.15, 0.2) is 229 Å². The van der Waals surface area contributed by atoms with Crippen LogP contribution in [0.3, 0.4) is 0 Å². The highest BCUT2D eigenvalue weighted by atomic mass is 16.1. The molecule has 6 heteroatoms. The van der Waals surface area contributed by atoms with E-state index in [-0.39, 0.29) is 5.56 Å². The summed E-state index contributed by atoms with van der Waals surface area (Å²) in [6.45, 7) is 0. The van der Waals surface area contributed by atoms with Gasteiger partial charge in [-0.1, -0.05) is 158 Å². The first-order valence-electron chi connectivity index (χ1n) is 21.9. The minimum atomic E-state index is -0.0536. The van der Waals surface area contributed by atoms with Crippen LogP contribution < -0.4 is 5.56 Å². The Balaban J connectivity index is 1.01. The molecule has 0 spiro atoms. The number of para-hydroxylation sites is 5. The zero-order chi connectivity index (χ0) is 43.0. The van der Waals surface area contributed by atoms with E-state index in [4.69, 9.17) is 9.97 Å². The molecule has 0 bridgehead atoms. The number of pyridine rings is 1. The lowest BCUT2D eigenvalue weighted by atomic mass is 10.0. The van der Waals surface area contributed by atoms with Crippen LogP contribution in [0.5, 0.6) is 0 Å². The van der Waals surface area contributed by atoms with Crippen molar-refractivity contribution in [2.45, 2.75) is 0 Å². The lowest BCUT2D eigenvalue weighted by Crippen LogP contribution is -2.19. The number of hydrogen-bond acceptors (Lipinski definition) is 3. The third-order valence-corrected chi connectivity index (χ3v) is 12.9. The summed E-state index contributed by atoms with van der Waals surface area (Å²) in [5.41, 5.74) is 13.7. The number of fused-ring (bicyclic) bond motifs is 9. The first-order chi connectivity index (χ1) is 32.2. The molecule has 0 atom stereocenters. The van der Waals surface area contributed by atoms with Crippen molar-refractivity contribution in [1.82, 2.24) is 23.7 Å². The molecule has 4 aromatic heterocycles. The van der Waals surface area contributed by atoms with E-state index in [2.05, 4.69) is 155 Å². The Kier molecular flexibility index (Phi) is 8.26. The zero-order valence-corrected chi connectivity index (χ0v) is 35.0. The van der Waals surface area contributed by atoms with Crippen molar-refractivity contribution in [3.8, 4) is 50.8 Å². The lowest BCUT2D eigenvalue weighted by molar-refractivity contribution is 1.01. The van der Waals surface area contributed by atoms with Crippen LogP contribution in [0.4, 0.5) is 0 Å². The minimum Gasteiger partial charge on any atom is -0.308 e. The van der Waals surface area contributed by atoms with Crippen molar-refractivity contribution in [2.75, 3.05) is 0 Å². The van der Waals surface area contributed by atoms with E-state index in [0.29, 0.717) is 11.3 Å². The maximum atomic E-state index is 15.1. The Bertz CT molecular complexity index is 4060. The Morgan fingerprint density at radius 2 is 0.800 bits per heavy atom. The van der Waals surface area contributed by atoms with Gasteiger partial charge in [-0.25, -0.2) is 9.97 Å². The number of nitrogens with zero attached hydrogens (tertiary/aromatic N) is 5. The standard InChI is InChI=1S/C59H37N5O/c65-58-55-49-37-42(33-35-54(49)62(43-18-6-2-7-19-43)57(55)47-24-12-15-27-52(47)63(58)44-20-8-3-9-21-44)41-32-34-53-48(36-41)45-22-11-14-26-51(45)64(53)59-60-50-25-13-10-23-46(50)56(61-59)40-30-28-39(29-31-40)38-16-4-1-5-17-38/h1-37H. The lowest BCUT2D eigenvalue weighted by Gasteiger charge is -2.14. The Morgan fingerprint density at radius 1 is 0.323 bits per heavy atom. The second-order valence-corrected chi connectivity index (χ2v) is 16.5. The van der Waals surface area contributed by atoms with Gasteiger partial charge in [-0.05, 0) is 89.0 Å². The Hall–Kier alpha value is -8.87. The number of hydrogen-bond donors (Lipinski definition) is 0. The van der Waals surface area contributed by atoms with Gasteiger partial charge < -0.3 is 4.57 Å². The largest absolute Gasteiger partial charge is 0.308 e. The molecule has 0 fully saturated rings. The maximum absolute atomic E-state index is 15.1. The second kappa shape index (κ2) is 14.6. The quantitative estimate of drug-likeness (QED) is 0.168. The third-order valence-electron chi connectivity index (χ3n) is 12.9. The molecule has 0 saturated heterocycles. The molecule has 0 aliphatic rings. The molecule has 0 amide bonds. The van der Waals surface area contributed by atoms with E-state index >= 15 is 4.79 Å². The van der Waals surface area contributed by atoms with Crippen molar-refractivity contribution in [1.29, 1.82) is 0 Å². The zero-order valence-electron chi connectivity index (χ0n) is 35.0. The van der Waals surface area contributed by atoms with E-state index in [0.717, 1.165) is 99.4 Å². The molecule has 0 unspecified atom stereocenters. The van der Waals surface area contributed by atoms with Crippen molar-refractivity contribution < 1.29 is 0 Å². The summed E-state index contributed by atoms with van der Waals surface area (Å²) in [5.74, 6) is 0.613. The molecule has 0 aliphatic heterocycles. The summed E-state index contributed by atoms with van der Waals surface area (Å²) >= 11 is 0. The average Bonchev–Trinajstić information content (AvgIpc) is 3.90. The van der Waals surface area contributed by atoms with E-state index in [1.54, 1.807) is 0 Å². The highest BCUT2D eigenvalue weighted by Gasteiger charge is 2.23. The van der Waals surface area contributed by atoms with Gasteiger partial charge >= 0.3 is 0 Å². The van der Waals surface area contributed by atoms with Gasteiger partial charge in [0.25, 0.3) is 5.56 Å². The van der Waals surface area contributed by atoms with E-state index < -0.39 is 0 Å². The van der Waals surface area contributed by atoms with Gasteiger partial charge in [0, 0.05) is 43.9 Å². The normalized spacial score (nSPS) is 11.8. The van der Waals surface area contributed by atoms with Crippen LogP contribution in [0.1, 0.15) is 0 Å². The van der Waals surface area contributed by atoms with Crippen molar-refractivity contribution in [2.24, 2.45) is 0 Å². The predicted molar refractivity (Wildman–Crippen MR) is 268 cm³/mol. The van der Waals surface area contributed by atoms with Crippen LogP contribution in [-0.2, 0) is 0 Å². The van der Waals surface area contributed by atoms with Crippen LogP contribution in [-0.4, -0.2) is 23.7 Å². The van der Waals surface area contributed by atoms with E-state index in [1.807, 2.05) is 83.4 Å². The van der Waals surface area contributed by atoms with Crippen molar-refractivity contribution in [3.63, 3.8) is 0 Å². The molecular weight excluding hydrogens is 795 g/mol. The average molecular weight is 832 g/mol. The molecule has 304 valence electrons. The molecule has 13 rings (SSSR count). The van der Waals surface area contributed by atoms with Crippen molar-refractivity contribution in [3.05, 3.63) is 235 Å². The van der Waals surface area contributed by atoms with Crippen LogP contribution >= 0.6 is 0 Å². The fourth-order valence-electron chi connectivity index (χ4n) is 9.91. The topological polar surface area (TPSA) is 57.6 Å². The van der Waals surface area contributed by atoms with Gasteiger partial charge in [0.05, 0.1) is 44.2 Å². The van der Waals surface area contributed by atoms with Gasteiger partial charge in [0.1, 0.15) is 0 Å².